The molecule has 2 amide bonds. The maximum atomic E-state index is 14.0. The van der Waals surface area contributed by atoms with Gasteiger partial charge in [-0.2, -0.15) is 20.4 Å². The van der Waals surface area contributed by atoms with Crippen molar-refractivity contribution in [2.24, 2.45) is 5.41 Å². The smallest absolute Gasteiger partial charge is 0.247 e. The predicted octanol–water partition coefficient (Wildman–Crippen LogP) is 20.6. The van der Waals surface area contributed by atoms with Gasteiger partial charge in [-0.05, 0) is 161 Å². The number of pyridine rings is 4. The predicted molar refractivity (Wildman–Crippen MR) is 517 cm³/mol. The molecular weight excluding hydrogens is 1880 g/mol. The van der Waals surface area contributed by atoms with Crippen LogP contribution in [0.5, 0.6) is 23.0 Å². The monoisotopic (exact) mass is 1990 g/mol. The summed E-state index contributed by atoms with van der Waals surface area (Å²) in [5, 5.41) is 35.0. The zero-order valence-electron chi connectivity index (χ0n) is 76.1. The normalized spacial score (nSPS) is 13.6. The number of ether oxygens (including phenoxy) is 5. The van der Waals surface area contributed by atoms with Gasteiger partial charge in [-0.1, -0.05) is 127 Å². The van der Waals surface area contributed by atoms with Crippen LogP contribution in [0.2, 0.25) is 40.2 Å². The Labute approximate surface area is 810 Å². The molecule has 1 aliphatic rings. The van der Waals surface area contributed by atoms with Crippen LogP contribution in [0.25, 0.3) is 44.5 Å². The summed E-state index contributed by atoms with van der Waals surface area (Å²) in [6.45, 7) is 31.3. The Bertz CT molecular complexity index is 6050. The first-order chi connectivity index (χ1) is 62.7. The van der Waals surface area contributed by atoms with Crippen LogP contribution in [-0.4, -0.2) is 158 Å². The molecule has 0 bridgehead atoms. The summed E-state index contributed by atoms with van der Waals surface area (Å²) >= 11 is 49.3. The molecule has 0 spiro atoms. The Morgan fingerprint density at radius 2 is 0.752 bits per heavy atom. The molecule has 40 heteroatoms. The number of aromatic nitrogens is 12. The van der Waals surface area contributed by atoms with E-state index < -0.39 is 64.4 Å². The van der Waals surface area contributed by atoms with Gasteiger partial charge in [-0.15, -0.1) is 0 Å². The van der Waals surface area contributed by atoms with Gasteiger partial charge in [-0.3, -0.25) is 28.3 Å². The van der Waals surface area contributed by atoms with E-state index in [1.807, 2.05) is 36.1 Å². The molecule has 9 heterocycles. The number of nitrogen functional groups attached to an aromatic ring is 4. The number of anilines is 4. The average molecular weight is 1990 g/mol. The van der Waals surface area contributed by atoms with E-state index >= 15 is 0 Å². The van der Waals surface area contributed by atoms with Gasteiger partial charge >= 0.3 is 0 Å². The minimum Gasteiger partial charge on any atom is -0.482 e. The van der Waals surface area contributed by atoms with Crippen molar-refractivity contribution in [1.82, 2.24) is 79.5 Å². The minimum absolute atomic E-state index is 0.0730. The van der Waals surface area contributed by atoms with Crippen LogP contribution in [0.3, 0.4) is 0 Å². The third-order valence-electron chi connectivity index (χ3n) is 21.7. The van der Waals surface area contributed by atoms with Gasteiger partial charge in [0.2, 0.25) is 11.8 Å². The molecule has 4 unspecified atom stereocenters. The van der Waals surface area contributed by atoms with E-state index in [9.17, 15) is 32.3 Å². The highest BCUT2D eigenvalue weighted by molar-refractivity contribution is 6.38. The second-order valence-corrected chi connectivity index (χ2v) is 37.2. The van der Waals surface area contributed by atoms with E-state index in [2.05, 4.69) is 90.5 Å². The van der Waals surface area contributed by atoms with Crippen molar-refractivity contribution in [3.8, 4) is 67.5 Å². The van der Waals surface area contributed by atoms with Gasteiger partial charge in [0, 0.05) is 195 Å². The van der Waals surface area contributed by atoms with E-state index in [-0.39, 0.29) is 82.1 Å². The Kier molecular flexibility index (Phi) is 36.0. The van der Waals surface area contributed by atoms with E-state index in [0.29, 0.717) is 106 Å². The van der Waals surface area contributed by atoms with Gasteiger partial charge in [0.1, 0.15) is 58.8 Å². The average Bonchev–Trinajstić information content (AvgIpc) is 1.77. The van der Waals surface area contributed by atoms with E-state index in [0.717, 1.165) is 60.5 Å². The Hall–Kier alpha value is -10.5. The number of likely N-dealkylation sites (N-methyl/N-ethyl adjacent to an activating group) is 2. The molecule has 8 aromatic heterocycles. The third kappa shape index (κ3) is 27.0. The number of benzene rings is 4. The lowest BCUT2D eigenvalue weighted by atomic mass is 9.94. The van der Waals surface area contributed by atoms with Gasteiger partial charge in [0.15, 0.2) is 46.3 Å². The molecule has 28 nitrogen and oxygen atoms in total. The summed E-state index contributed by atoms with van der Waals surface area (Å²) in [6, 6.07) is 17.4. The van der Waals surface area contributed by atoms with Crippen molar-refractivity contribution in [2.45, 2.75) is 157 Å². The lowest BCUT2D eigenvalue weighted by molar-refractivity contribution is -0.129. The number of rotatable bonds is 31. The Morgan fingerprint density at radius 1 is 0.459 bits per heavy atom. The molecule has 4 aromatic carbocycles. The first kappa shape index (κ1) is 105. The summed E-state index contributed by atoms with van der Waals surface area (Å²) in [5.41, 5.74) is 28.8. The summed E-state index contributed by atoms with van der Waals surface area (Å²) in [5.74, 6) is -0.702. The van der Waals surface area contributed by atoms with Crippen LogP contribution < -0.4 is 52.5 Å². The van der Waals surface area contributed by atoms with Crippen LogP contribution in [0.15, 0.2) is 147 Å². The van der Waals surface area contributed by atoms with Crippen LogP contribution >= 0.6 is 92.8 Å². The molecule has 1 aliphatic heterocycles. The van der Waals surface area contributed by atoms with Crippen molar-refractivity contribution in [3.63, 3.8) is 0 Å². The number of hydrogen-bond donors (Lipinski definition) is 7. The van der Waals surface area contributed by atoms with Crippen LogP contribution in [0.4, 0.5) is 40.8 Å². The number of aliphatic hydroxyl groups is 1. The molecule has 0 saturated carbocycles. The quantitative estimate of drug-likeness (QED) is 0.0157. The van der Waals surface area contributed by atoms with Gasteiger partial charge in [-0.25, -0.2) is 37.5 Å². The van der Waals surface area contributed by atoms with E-state index in [1.54, 1.807) is 156 Å². The Balaban J connectivity index is 0.000000184. The third-order valence-corrected chi connectivity index (χ3v) is 24.5. The maximum absolute atomic E-state index is 14.0. The van der Waals surface area contributed by atoms with Crippen LogP contribution in [0.1, 0.15) is 150 Å². The van der Waals surface area contributed by atoms with Crippen molar-refractivity contribution in [2.75, 3.05) is 89.5 Å². The lowest BCUT2D eigenvalue weighted by Crippen LogP contribution is -2.46. The summed E-state index contributed by atoms with van der Waals surface area (Å²) in [4.78, 5) is 46.8. The SMILES string of the molecule is CC(Oc1cc(-c2cnn(C(C)(C)C(=O)NCCN(C)C)c2)cnc1N)c1c(Cl)ccc(F)c1Cl.CC(Oc1cc(-c2cnn(CC(C)(C)C)c2)cnc1N)c1c(Cl)ccc(F)c1Cl.CC(Oc1cc(-c2cnn(CC3(O)CCOCC3)c2)cnc1N)c1c(Cl)ccc(F)c1Cl.CCN(CC)CCNC(=O)C(C)(C)n1cc(-c2cnc(N)c(OC(C)c3c(Cl)ccc(F)c3Cl)c2)cn1. The van der Waals surface area contributed by atoms with E-state index in [1.165, 1.54) is 48.5 Å². The number of nitrogens with zero attached hydrogens (tertiary/aromatic N) is 14. The summed E-state index contributed by atoms with van der Waals surface area (Å²) in [6.07, 6.45) is 18.9. The minimum atomic E-state index is -0.915. The van der Waals surface area contributed by atoms with Gasteiger partial charge in [0.05, 0.1) is 57.0 Å². The number of carbonyl (C=O) groups is 2. The summed E-state index contributed by atoms with van der Waals surface area (Å²) < 4.78 is 91.7. The molecule has 1 fully saturated rings. The highest BCUT2D eigenvalue weighted by Gasteiger charge is 2.35. The molecule has 11 N–H and O–H groups in total. The molecule has 0 aliphatic carbocycles. The van der Waals surface area contributed by atoms with Crippen molar-refractivity contribution in [1.29, 1.82) is 0 Å². The zero-order chi connectivity index (χ0) is 97.5. The molecule has 12 aromatic rings. The molecular formula is C93H108Cl8F4N20O8. The lowest BCUT2D eigenvalue weighted by Gasteiger charge is -2.31. The van der Waals surface area contributed by atoms with Crippen LogP contribution in [-0.2, 0) is 38.5 Å². The standard InChI is InChI=1S/C26H33Cl2FN6O2.C24H29Cl2FN6O2.C22H23Cl2FN4O3.C21H23Cl2FN4O/c1-6-34(7-2)11-10-31-25(36)26(4,5)35-15-18(14-33-35)17-12-21(24(30)32-13-17)37-16(3)22-19(27)8-9-20(29)23(22)28;1-14(20-17(25)6-7-18(27)21(20)26)35-19-10-15(11-30-22(19)28)16-12-31-33(13-16)24(2,3)23(34)29-8-9-32(4)5;1-13(19-16(23)2-3-17(25)20(19)24)32-18-8-14(9-27-21(18)26)15-10-28-29(11-15)12-22(30)4-6-31-7-5-22;1-12(18-15(22)5-6-16(24)19(18)23)29-17-7-13(8-26-20(17)25)14-9-27-28(10-14)11-21(2,3)4/h8-9,12-16H,6-7,10-11H2,1-5H3,(H2,30,32)(H,31,36);6-7,10-14H,8-9H2,1-5H3,(H2,28,30)(H,29,34);2-3,8-11,13,30H,4-7,12H2,1H3,(H2,26,27);5-10,12H,11H2,1-4H3,(H2,25,26). The van der Waals surface area contributed by atoms with E-state index in [4.69, 9.17) is 139 Å². The van der Waals surface area contributed by atoms with Gasteiger partial charge in [0.25, 0.3) is 0 Å². The first-order valence-electron chi connectivity index (χ1n) is 42.3. The van der Waals surface area contributed by atoms with Crippen molar-refractivity contribution >= 4 is 128 Å². The van der Waals surface area contributed by atoms with Crippen LogP contribution in [0, 0.1) is 28.7 Å². The molecule has 712 valence electrons. The fraction of sp³-hybridized carbons (Fsp3) is 0.376. The number of carbonyl (C=O) groups excluding carboxylic acids is 2. The highest BCUT2D eigenvalue weighted by Crippen LogP contribution is 2.44. The number of nitrogens with one attached hydrogen (secondary N) is 2. The fourth-order valence-electron chi connectivity index (χ4n) is 13.8. The second-order valence-electron chi connectivity index (χ2n) is 34.1. The Morgan fingerprint density at radius 3 is 1.06 bits per heavy atom. The molecule has 0 radical (unpaired) electrons. The molecule has 4 atom stereocenters. The highest BCUT2D eigenvalue weighted by atomic mass is 35.5. The van der Waals surface area contributed by atoms with Gasteiger partial charge < -0.3 is 72.2 Å². The number of hydrogen-bond acceptors (Lipinski definition) is 22. The number of halogens is 12. The largest absolute Gasteiger partial charge is 0.482 e. The molecule has 1 saturated heterocycles. The molecule has 133 heavy (non-hydrogen) atoms. The zero-order valence-corrected chi connectivity index (χ0v) is 82.1. The first-order valence-corrected chi connectivity index (χ1v) is 45.4. The summed E-state index contributed by atoms with van der Waals surface area (Å²) in [7, 11) is 3.88. The topological polar surface area (TPSA) is 358 Å². The second kappa shape index (κ2) is 45.7. The number of nitrogens with two attached hydrogens (primary N) is 4. The maximum Gasteiger partial charge on any atom is 0.247 e. The number of amides is 2. The molecule has 13 rings (SSSR count). The van der Waals surface area contributed by atoms with Crippen molar-refractivity contribution in [3.05, 3.63) is 233 Å². The fourth-order valence-corrected chi connectivity index (χ4v) is 16.6. The van der Waals surface area contributed by atoms with Crippen molar-refractivity contribution < 1.29 is 55.9 Å².